The van der Waals surface area contributed by atoms with Gasteiger partial charge in [-0.15, -0.1) is 0 Å². The van der Waals surface area contributed by atoms with E-state index in [1.54, 1.807) is 6.07 Å². The number of hydrogen-bond acceptors (Lipinski definition) is 4. The molecule has 0 bridgehead atoms. The third kappa shape index (κ3) is 3.25. The Morgan fingerprint density at radius 3 is 3.00 bits per heavy atom. The smallest absolute Gasteiger partial charge is 0.137 e. The van der Waals surface area contributed by atoms with Crippen LogP contribution in [0.5, 0.6) is 5.75 Å². The van der Waals surface area contributed by atoms with Crippen LogP contribution in [0.4, 0.5) is 0 Å². The van der Waals surface area contributed by atoms with Crippen LogP contribution in [0.15, 0.2) is 24.3 Å². The molecule has 4 heteroatoms. The number of ether oxygens (including phenoxy) is 1. The molecule has 1 fully saturated rings. The van der Waals surface area contributed by atoms with Crippen molar-refractivity contribution in [1.82, 2.24) is 4.90 Å². The zero-order valence-corrected chi connectivity index (χ0v) is 11.2. The quantitative estimate of drug-likeness (QED) is 0.874. The summed E-state index contributed by atoms with van der Waals surface area (Å²) >= 11 is 0. The Morgan fingerprint density at radius 2 is 2.26 bits per heavy atom. The minimum absolute atomic E-state index is 0.204. The largest absolute Gasteiger partial charge is 0.491 e. The van der Waals surface area contributed by atoms with Gasteiger partial charge in [-0.1, -0.05) is 19.1 Å². The first kappa shape index (κ1) is 13.9. The van der Waals surface area contributed by atoms with Gasteiger partial charge in [0, 0.05) is 12.6 Å². The molecule has 4 nitrogen and oxygen atoms in total. The Kier molecular flexibility index (Phi) is 4.78. The summed E-state index contributed by atoms with van der Waals surface area (Å²) in [5.74, 6) is 1.18. The van der Waals surface area contributed by atoms with Gasteiger partial charge in [-0.2, -0.15) is 5.26 Å². The molecule has 102 valence electrons. The lowest BCUT2D eigenvalue weighted by molar-refractivity contribution is 0.123. The van der Waals surface area contributed by atoms with Crippen molar-refractivity contribution in [3.8, 4) is 11.8 Å². The number of aliphatic hydroxyl groups is 1. The number of nitriles is 1. The lowest BCUT2D eigenvalue weighted by atomic mass is 10.0. The molecule has 1 aromatic rings. The molecule has 2 rings (SSSR count). The molecule has 0 amide bonds. The maximum atomic E-state index is 9.38. The Bertz CT molecular complexity index is 456. The zero-order valence-electron chi connectivity index (χ0n) is 11.2. The highest BCUT2D eigenvalue weighted by atomic mass is 16.5. The monoisotopic (exact) mass is 260 g/mol. The molecule has 2 atom stereocenters. The normalized spacial score (nSPS) is 23.2. The Hall–Kier alpha value is -1.57. The highest BCUT2D eigenvalue weighted by molar-refractivity contribution is 5.42. The molecule has 1 N–H and O–H groups in total. The maximum Gasteiger partial charge on any atom is 0.137 e. The topological polar surface area (TPSA) is 56.5 Å². The summed E-state index contributed by atoms with van der Waals surface area (Å²) in [6.45, 7) is 4.72. The van der Waals surface area contributed by atoms with E-state index in [-0.39, 0.29) is 12.6 Å². The van der Waals surface area contributed by atoms with Gasteiger partial charge in [0.1, 0.15) is 18.4 Å². The molecule has 0 aromatic heterocycles. The van der Waals surface area contributed by atoms with Gasteiger partial charge in [0.05, 0.1) is 12.2 Å². The van der Waals surface area contributed by atoms with E-state index in [1.807, 2.05) is 18.2 Å². The molecule has 0 radical (unpaired) electrons. The molecule has 1 saturated heterocycles. The predicted molar refractivity (Wildman–Crippen MR) is 72.9 cm³/mol. The predicted octanol–water partition coefficient (Wildman–Crippen LogP) is 1.64. The van der Waals surface area contributed by atoms with Crippen molar-refractivity contribution in [2.75, 3.05) is 26.3 Å². The van der Waals surface area contributed by atoms with Gasteiger partial charge in [-0.3, -0.25) is 4.90 Å². The van der Waals surface area contributed by atoms with E-state index in [9.17, 15) is 5.11 Å². The van der Waals surface area contributed by atoms with Crippen LogP contribution in [-0.4, -0.2) is 42.4 Å². The van der Waals surface area contributed by atoms with Gasteiger partial charge >= 0.3 is 0 Å². The number of hydrogen-bond donors (Lipinski definition) is 1. The van der Waals surface area contributed by atoms with Crippen LogP contribution in [0.2, 0.25) is 0 Å². The summed E-state index contributed by atoms with van der Waals surface area (Å²) < 4.78 is 5.67. The summed E-state index contributed by atoms with van der Waals surface area (Å²) in [7, 11) is 0. The highest BCUT2D eigenvalue weighted by Gasteiger charge is 2.29. The molecule has 0 spiro atoms. The molecule has 0 saturated carbocycles. The minimum atomic E-state index is 0.204. The van der Waals surface area contributed by atoms with Crippen LogP contribution < -0.4 is 4.74 Å². The van der Waals surface area contributed by atoms with E-state index in [1.165, 1.54) is 0 Å². The Labute approximate surface area is 114 Å². The van der Waals surface area contributed by atoms with Gasteiger partial charge in [0.15, 0.2) is 0 Å². The van der Waals surface area contributed by atoms with Gasteiger partial charge in [-0.05, 0) is 31.0 Å². The third-order valence-electron chi connectivity index (χ3n) is 3.83. The van der Waals surface area contributed by atoms with Gasteiger partial charge in [0.25, 0.3) is 0 Å². The average Bonchev–Trinajstić information content (AvgIpc) is 2.79. The van der Waals surface area contributed by atoms with Crippen LogP contribution in [0.1, 0.15) is 18.9 Å². The second-order valence-corrected chi connectivity index (χ2v) is 5.01. The SMILES string of the molecule is CC1CCN(CCOc2ccccc2C#N)C1CO. The fourth-order valence-electron chi connectivity index (χ4n) is 2.62. The molecule has 1 aromatic carbocycles. The first-order valence-electron chi connectivity index (χ1n) is 6.73. The first-order valence-corrected chi connectivity index (χ1v) is 6.73. The van der Waals surface area contributed by atoms with E-state index < -0.39 is 0 Å². The minimum Gasteiger partial charge on any atom is -0.491 e. The van der Waals surface area contributed by atoms with E-state index in [0.29, 0.717) is 23.8 Å². The van der Waals surface area contributed by atoms with Crippen LogP contribution in [-0.2, 0) is 0 Å². The molecule has 19 heavy (non-hydrogen) atoms. The summed E-state index contributed by atoms with van der Waals surface area (Å²) in [5.41, 5.74) is 0.566. The van der Waals surface area contributed by atoms with Crippen LogP contribution in [0.25, 0.3) is 0 Å². The van der Waals surface area contributed by atoms with Crippen molar-refractivity contribution < 1.29 is 9.84 Å². The second-order valence-electron chi connectivity index (χ2n) is 5.01. The second kappa shape index (κ2) is 6.55. The molecule has 1 heterocycles. The zero-order chi connectivity index (χ0) is 13.7. The van der Waals surface area contributed by atoms with Gasteiger partial charge in [-0.25, -0.2) is 0 Å². The van der Waals surface area contributed by atoms with Crippen molar-refractivity contribution in [3.05, 3.63) is 29.8 Å². The third-order valence-corrected chi connectivity index (χ3v) is 3.83. The molecular weight excluding hydrogens is 240 g/mol. The van der Waals surface area contributed by atoms with Crippen molar-refractivity contribution in [2.45, 2.75) is 19.4 Å². The molecule has 0 aliphatic carbocycles. The lowest BCUT2D eigenvalue weighted by Gasteiger charge is -2.24. The van der Waals surface area contributed by atoms with E-state index in [0.717, 1.165) is 19.5 Å². The van der Waals surface area contributed by atoms with E-state index in [4.69, 9.17) is 10.00 Å². The summed E-state index contributed by atoms with van der Waals surface area (Å²) in [5, 5.41) is 18.4. The van der Waals surface area contributed by atoms with Crippen LogP contribution in [0.3, 0.4) is 0 Å². The molecule has 2 unspecified atom stereocenters. The lowest BCUT2D eigenvalue weighted by Crippen LogP contribution is -2.37. The number of para-hydroxylation sites is 1. The van der Waals surface area contributed by atoms with Crippen molar-refractivity contribution in [1.29, 1.82) is 5.26 Å². The number of likely N-dealkylation sites (tertiary alicyclic amines) is 1. The summed E-state index contributed by atoms with van der Waals surface area (Å²) in [4.78, 5) is 2.26. The molecule has 1 aliphatic rings. The summed E-state index contributed by atoms with van der Waals surface area (Å²) in [6, 6.07) is 9.63. The van der Waals surface area contributed by atoms with Crippen molar-refractivity contribution in [3.63, 3.8) is 0 Å². The average molecular weight is 260 g/mol. The van der Waals surface area contributed by atoms with Gasteiger partial charge < -0.3 is 9.84 Å². The number of nitrogens with zero attached hydrogens (tertiary/aromatic N) is 2. The Morgan fingerprint density at radius 1 is 1.47 bits per heavy atom. The van der Waals surface area contributed by atoms with Crippen molar-refractivity contribution in [2.24, 2.45) is 5.92 Å². The van der Waals surface area contributed by atoms with Crippen molar-refractivity contribution >= 4 is 0 Å². The van der Waals surface area contributed by atoms with Crippen LogP contribution >= 0.6 is 0 Å². The summed E-state index contributed by atoms with van der Waals surface area (Å²) in [6.07, 6.45) is 1.13. The number of benzene rings is 1. The number of rotatable bonds is 5. The Balaban J connectivity index is 1.85. The fourth-order valence-corrected chi connectivity index (χ4v) is 2.62. The van der Waals surface area contributed by atoms with Crippen LogP contribution in [0, 0.1) is 17.2 Å². The van der Waals surface area contributed by atoms with E-state index in [2.05, 4.69) is 17.9 Å². The molecular formula is C15H20N2O2. The fraction of sp³-hybridized carbons (Fsp3) is 0.533. The number of aliphatic hydroxyl groups excluding tert-OH is 1. The highest BCUT2D eigenvalue weighted by Crippen LogP contribution is 2.23. The maximum absolute atomic E-state index is 9.38. The molecule has 1 aliphatic heterocycles. The standard InChI is InChI=1S/C15H20N2O2/c1-12-6-7-17(14(12)11-18)8-9-19-15-5-3-2-4-13(15)10-16/h2-5,12,14,18H,6-9,11H2,1H3. The first-order chi connectivity index (χ1) is 9.26. The van der Waals surface area contributed by atoms with Gasteiger partial charge in [0.2, 0.25) is 0 Å². The van der Waals surface area contributed by atoms with E-state index >= 15 is 0 Å².